The summed E-state index contributed by atoms with van der Waals surface area (Å²) in [6.07, 6.45) is 0. The van der Waals surface area contributed by atoms with Crippen LogP contribution >= 0.6 is 15.9 Å². The van der Waals surface area contributed by atoms with Gasteiger partial charge in [-0.05, 0) is 12.1 Å². The summed E-state index contributed by atoms with van der Waals surface area (Å²) in [7, 11) is 3.32. The average molecular weight is 248 g/mol. The van der Waals surface area contributed by atoms with Crippen LogP contribution in [0.4, 0.5) is 10.1 Å². The highest BCUT2D eigenvalue weighted by molar-refractivity contribution is 9.09. The summed E-state index contributed by atoms with van der Waals surface area (Å²) >= 11 is 3.28. The maximum absolute atomic E-state index is 13.2. The van der Waals surface area contributed by atoms with Crippen LogP contribution in [0.2, 0.25) is 0 Å². The Bertz CT molecular complexity index is 293. The molecule has 0 saturated heterocycles. The molecule has 0 amide bonds. The van der Waals surface area contributed by atoms with E-state index in [1.165, 1.54) is 13.2 Å². The fourth-order valence-electron chi connectivity index (χ4n) is 0.962. The van der Waals surface area contributed by atoms with Gasteiger partial charge in [-0.3, -0.25) is 0 Å². The van der Waals surface area contributed by atoms with Crippen molar-refractivity contribution >= 4 is 21.6 Å². The van der Waals surface area contributed by atoms with E-state index in [1.54, 1.807) is 6.07 Å². The number of ether oxygens (including phenoxy) is 1. The average Bonchev–Trinajstić information content (AvgIpc) is 2.16. The minimum Gasteiger partial charge on any atom is -0.494 e. The lowest BCUT2D eigenvalue weighted by atomic mass is 10.3. The van der Waals surface area contributed by atoms with Gasteiger partial charge >= 0.3 is 0 Å². The number of methoxy groups -OCH3 is 1. The van der Waals surface area contributed by atoms with Gasteiger partial charge in [-0.15, -0.1) is 0 Å². The van der Waals surface area contributed by atoms with E-state index < -0.39 is 0 Å². The Labute approximate surface area is 85.4 Å². The number of hydrogen-bond donors (Lipinski definition) is 0. The normalized spacial score (nSPS) is 9.85. The fraction of sp³-hybridized carbons (Fsp3) is 0.333. The van der Waals surface area contributed by atoms with Gasteiger partial charge in [0, 0.05) is 18.8 Å². The second kappa shape index (κ2) is 4.46. The largest absolute Gasteiger partial charge is 0.494 e. The van der Waals surface area contributed by atoms with E-state index in [0.717, 1.165) is 5.69 Å². The molecule has 1 rings (SSSR count). The van der Waals surface area contributed by atoms with Crippen LogP contribution in [0.5, 0.6) is 5.75 Å². The van der Waals surface area contributed by atoms with Crippen LogP contribution in [0.15, 0.2) is 18.2 Å². The zero-order valence-corrected chi connectivity index (χ0v) is 9.14. The topological polar surface area (TPSA) is 12.5 Å². The highest BCUT2D eigenvalue weighted by atomic mass is 79.9. The minimum absolute atomic E-state index is 0.270. The third-order valence-corrected chi connectivity index (χ3v) is 2.51. The molecule has 0 heterocycles. The second-order valence-electron chi connectivity index (χ2n) is 2.64. The molecular formula is C9H11BrFNO. The maximum Gasteiger partial charge on any atom is 0.167 e. The summed E-state index contributed by atoms with van der Waals surface area (Å²) in [6, 6.07) is 4.87. The van der Waals surface area contributed by atoms with Gasteiger partial charge in [-0.25, -0.2) is 4.39 Å². The summed E-state index contributed by atoms with van der Waals surface area (Å²) in [6.45, 7) is 0. The first-order chi connectivity index (χ1) is 6.19. The van der Waals surface area contributed by atoms with Crippen molar-refractivity contribution in [1.82, 2.24) is 0 Å². The number of nitrogens with zero attached hydrogens (tertiary/aromatic N) is 1. The standard InChI is InChI=1S/C9H11BrFNO/c1-12(6-10)7-3-4-9(13-2)8(11)5-7/h3-5H,6H2,1-2H3. The van der Waals surface area contributed by atoms with Crippen molar-refractivity contribution in [3.8, 4) is 5.75 Å². The fourth-order valence-corrected chi connectivity index (χ4v) is 1.25. The Morgan fingerprint density at radius 3 is 2.69 bits per heavy atom. The van der Waals surface area contributed by atoms with Gasteiger partial charge in [-0.1, -0.05) is 15.9 Å². The molecule has 2 nitrogen and oxygen atoms in total. The summed E-state index contributed by atoms with van der Waals surface area (Å²) in [5, 5.41) is 0. The Hall–Kier alpha value is -0.770. The van der Waals surface area contributed by atoms with Crippen molar-refractivity contribution < 1.29 is 9.13 Å². The van der Waals surface area contributed by atoms with E-state index >= 15 is 0 Å². The van der Waals surface area contributed by atoms with Crippen LogP contribution in [-0.4, -0.2) is 19.6 Å². The number of halogens is 2. The predicted octanol–water partition coefficient (Wildman–Crippen LogP) is 2.62. The summed E-state index contributed by atoms with van der Waals surface area (Å²) in [5.74, 6) is -0.0699. The minimum atomic E-state index is -0.340. The van der Waals surface area contributed by atoms with Gasteiger partial charge in [0.15, 0.2) is 11.6 Å². The van der Waals surface area contributed by atoms with Gasteiger partial charge in [-0.2, -0.15) is 0 Å². The lowest BCUT2D eigenvalue weighted by Crippen LogP contribution is -2.13. The van der Waals surface area contributed by atoms with Gasteiger partial charge in [0.25, 0.3) is 0 Å². The number of alkyl halides is 1. The van der Waals surface area contributed by atoms with Gasteiger partial charge < -0.3 is 9.64 Å². The number of hydrogen-bond acceptors (Lipinski definition) is 2. The smallest absolute Gasteiger partial charge is 0.167 e. The lowest BCUT2D eigenvalue weighted by Gasteiger charge is -2.16. The Morgan fingerprint density at radius 2 is 2.23 bits per heavy atom. The molecule has 0 N–H and O–H groups in total. The molecule has 1 aromatic rings. The molecule has 0 aliphatic rings. The molecule has 0 bridgehead atoms. The lowest BCUT2D eigenvalue weighted by molar-refractivity contribution is 0.386. The first-order valence-electron chi connectivity index (χ1n) is 3.79. The van der Waals surface area contributed by atoms with E-state index in [9.17, 15) is 4.39 Å². The highest BCUT2D eigenvalue weighted by Gasteiger charge is 2.05. The van der Waals surface area contributed by atoms with Gasteiger partial charge in [0.2, 0.25) is 0 Å². The molecule has 72 valence electrons. The Kier molecular flexibility index (Phi) is 3.54. The predicted molar refractivity (Wildman–Crippen MR) is 55.1 cm³/mol. The van der Waals surface area contributed by atoms with E-state index in [2.05, 4.69) is 15.9 Å². The zero-order valence-electron chi connectivity index (χ0n) is 7.55. The van der Waals surface area contributed by atoms with Crippen LogP contribution in [0.3, 0.4) is 0 Å². The second-order valence-corrected chi connectivity index (χ2v) is 3.14. The molecule has 0 radical (unpaired) electrons. The summed E-state index contributed by atoms with van der Waals surface area (Å²) in [4.78, 5) is 1.88. The third kappa shape index (κ3) is 2.34. The highest BCUT2D eigenvalue weighted by Crippen LogP contribution is 2.22. The van der Waals surface area contributed by atoms with E-state index in [4.69, 9.17) is 4.74 Å². The summed E-state index contributed by atoms with van der Waals surface area (Å²) < 4.78 is 18.0. The first kappa shape index (κ1) is 10.3. The Balaban J connectivity index is 2.95. The van der Waals surface area contributed by atoms with Gasteiger partial charge in [0.05, 0.1) is 12.6 Å². The monoisotopic (exact) mass is 247 g/mol. The van der Waals surface area contributed by atoms with E-state index in [-0.39, 0.29) is 11.6 Å². The molecule has 0 atom stereocenters. The van der Waals surface area contributed by atoms with E-state index in [0.29, 0.717) is 5.45 Å². The molecule has 0 fully saturated rings. The summed E-state index contributed by atoms with van der Waals surface area (Å²) in [5.41, 5.74) is 1.48. The molecule has 0 saturated carbocycles. The van der Waals surface area contributed by atoms with Crippen molar-refractivity contribution in [2.75, 3.05) is 24.5 Å². The molecule has 0 aromatic heterocycles. The molecule has 13 heavy (non-hydrogen) atoms. The zero-order chi connectivity index (χ0) is 9.84. The van der Waals surface area contributed by atoms with Crippen LogP contribution in [0.1, 0.15) is 0 Å². The molecule has 0 unspecified atom stereocenters. The first-order valence-corrected chi connectivity index (χ1v) is 4.92. The van der Waals surface area contributed by atoms with Crippen molar-refractivity contribution in [2.45, 2.75) is 0 Å². The Morgan fingerprint density at radius 1 is 1.54 bits per heavy atom. The van der Waals surface area contributed by atoms with Crippen LogP contribution in [0.25, 0.3) is 0 Å². The molecule has 4 heteroatoms. The quantitative estimate of drug-likeness (QED) is 0.602. The molecule has 0 spiro atoms. The van der Waals surface area contributed by atoms with Crippen molar-refractivity contribution in [1.29, 1.82) is 0 Å². The number of rotatable bonds is 3. The van der Waals surface area contributed by atoms with E-state index in [1.807, 2.05) is 18.0 Å². The van der Waals surface area contributed by atoms with Crippen molar-refractivity contribution in [2.24, 2.45) is 0 Å². The van der Waals surface area contributed by atoms with Crippen LogP contribution in [0, 0.1) is 5.82 Å². The number of benzene rings is 1. The van der Waals surface area contributed by atoms with Gasteiger partial charge in [0.1, 0.15) is 0 Å². The molecule has 1 aromatic carbocycles. The molecule has 0 aliphatic heterocycles. The molecular weight excluding hydrogens is 237 g/mol. The SMILES string of the molecule is COc1ccc(N(C)CBr)cc1F. The van der Waals surface area contributed by atoms with Crippen LogP contribution < -0.4 is 9.64 Å². The third-order valence-electron chi connectivity index (χ3n) is 1.76. The maximum atomic E-state index is 13.2. The van der Waals surface area contributed by atoms with Crippen LogP contribution in [-0.2, 0) is 0 Å². The molecule has 0 aliphatic carbocycles. The number of anilines is 1. The van der Waals surface area contributed by atoms with Crippen molar-refractivity contribution in [3.05, 3.63) is 24.0 Å². The van der Waals surface area contributed by atoms with Crippen molar-refractivity contribution in [3.63, 3.8) is 0 Å².